The molecule has 110 valence electrons. The summed E-state index contributed by atoms with van der Waals surface area (Å²) < 4.78 is 0. The molecule has 0 aromatic heterocycles. The Hall–Kier alpha value is -2.15. The Morgan fingerprint density at radius 1 is 1.50 bits per heavy atom. The van der Waals surface area contributed by atoms with E-state index in [9.17, 15) is 20.0 Å². The highest BCUT2D eigenvalue weighted by Crippen LogP contribution is 2.24. The van der Waals surface area contributed by atoms with Gasteiger partial charge in [0.25, 0.3) is 5.69 Å². The second-order valence-corrected chi connectivity index (χ2v) is 4.89. The fourth-order valence-corrected chi connectivity index (χ4v) is 1.89. The zero-order valence-electron chi connectivity index (χ0n) is 11.4. The maximum Gasteiger partial charge on any atom is 0.337 e. The summed E-state index contributed by atoms with van der Waals surface area (Å²) in [5.74, 6) is -1.18. The molecular formula is C13H18N2O5. The summed E-state index contributed by atoms with van der Waals surface area (Å²) in [6, 6.07) is 3.47. The Bertz CT molecular complexity index is 513. The number of rotatable bonds is 7. The van der Waals surface area contributed by atoms with Crippen LogP contribution in [-0.2, 0) is 0 Å². The Labute approximate surface area is 116 Å². The molecule has 0 radical (unpaired) electrons. The quantitative estimate of drug-likeness (QED) is 0.522. The van der Waals surface area contributed by atoms with E-state index in [0.717, 1.165) is 18.6 Å². The summed E-state index contributed by atoms with van der Waals surface area (Å²) in [5.41, 5.74) is -1.14. The van der Waals surface area contributed by atoms with Crippen molar-refractivity contribution in [2.24, 2.45) is 0 Å². The van der Waals surface area contributed by atoms with Crippen molar-refractivity contribution in [3.05, 3.63) is 33.9 Å². The molecule has 1 unspecified atom stereocenters. The van der Waals surface area contributed by atoms with Crippen LogP contribution in [0.1, 0.15) is 37.0 Å². The van der Waals surface area contributed by atoms with Gasteiger partial charge in [-0.25, -0.2) is 4.79 Å². The van der Waals surface area contributed by atoms with Crippen LogP contribution in [0.2, 0.25) is 0 Å². The monoisotopic (exact) mass is 282 g/mol. The largest absolute Gasteiger partial charge is 0.478 e. The van der Waals surface area contributed by atoms with Crippen LogP contribution in [0.4, 0.5) is 11.4 Å². The lowest BCUT2D eigenvalue weighted by atomic mass is 10.0. The molecule has 3 N–H and O–H groups in total. The Morgan fingerprint density at radius 3 is 2.65 bits per heavy atom. The molecule has 0 amide bonds. The van der Waals surface area contributed by atoms with Gasteiger partial charge < -0.3 is 15.5 Å². The maximum atomic E-state index is 11.1. The number of nitrogens with one attached hydrogen (secondary N) is 1. The van der Waals surface area contributed by atoms with Crippen LogP contribution >= 0.6 is 0 Å². The van der Waals surface area contributed by atoms with Gasteiger partial charge in [-0.1, -0.05) is 13.3 Å². The molecule has 1 aromatic carbocycles. The molecular weight excluding hydrogens is 264 g/mol. The molecule has 0 bridgehead atoms. The number of carbonyl (C=O) groups is 1. The molecule has 1 aromatic rings. The lowest BCUT2D eigenvalue weighted by molar-refractivity contribution is -0.384. The number of benzene rings is 1. The molecule has 20 heavy (non-hydrogen) atoms. The first-order valence-electron chi connectivity index (χ1n) is 6.25. The standard InChI is InChI=1S/C13H18N2O5/c1-3-6-13(2,18)8-14-11-7-9(15(19)20)4-5-10(11)12(16)17/h4-5,7,14,18H,3,6,8H2,1-2H3,(H,16,17). The lowest BCUT2D eigenvalue weighted by Crippen LogP contribution is -2.33. The molecule has 7 nitrogen and oxygen atoms in total. The van der Waals surface area contributed by atoms with Crippen LogP contribution in [-0.4, -0.2) is 33.3 Å². The van der Waals surface area contributed by atoms with E-state index in [1.807, 2.05) is 6.92 Å². The molecule has 0 heterocycles. The van der Waals surface area contributed by atoms with Gasteiger partial charge in [0.1, 0.15) is 0 Å². The molecule has 0 fully saturated rings. The van der Waals surface area contributed by atoms with Crippen molar-refractivity contribution in [2.75, 3.05) is 11.9 Å². The van der Waals surface area contributed by atoms with Crippen molar-refractivity contribution in [3.63, 3.8) is 0 Å². The lowest BCUT2D eigenvalue weighted by Gasteiger charge is -2.24. The van der Waals surface area contributed by atoms with Crippen molar-refractivity contribution >= 4 is 17.3 Å². The average Bonchev–Trinajstić information content (AvgIpc) is 2.35. The van der Waals surface area contributed by atoms with Gasteiger partial charge in [0.15, 0.2) is 0 Å². The third kappa shape index (κ3) is 4.20. The summed E-state index contributed by atoms with van der Waals surface area (Å²) in [7, 11) is 0. The third-order valence-electron chi connectivity index (χ3n) is 2.89. The van der Waals surface area contributed by atoms with Crippen molar-refractivity contribution in [1.29, 1.82) is 0 Å². The molecule has 0 saturated heterocycles. The highest BCUT2D eigenvalue weighted by atomic mass is 16.6. The molecule has 1 atom stereocenters. The smallest absolute Gasteiger partial charge is 0.337 e. The van der Waals surface area contributed by atoms with Crippen molar-refractivity contribution < 1.29 is 19.9 Å². The number of nitro groups is 1. The van der Waals surface area contributed by atoms with Crippen LogP contribution in [0.15, 0.2) is 18.2 Å². The highest BCUT2D eigenvalue weighted by Gasteiger charge is 2.21. The number of carboxylic acids is 1. The van der Waals surface area contributed by atoms with Gasteiger partial charge in [0, 0.05) is 18.7 Å². The fraction of sp³-hybridized carbons (Fsp3) is 0.462. The summed E-state index contributed by atoms with van der Waals surface area (Å²) in [6.07, 6.45) is 1.31. The number of aliphatic hydroxyl groups is 1. The number of non-ortho nitro benzene ring substituents is 1. The zero-order chi connectivity index (χ0) is 15.3. The number of anilines is 1. The number of hydrogen-bond donors (Lipinski definition) is 3. The van der Waals surface area contributed by atoms with Gasteiger partial charge in [-0.3, -0.25) is 10.1 Å². The zero-order valence-corrected chi connectivity index (χ0v) is 11.4. The Balaban J connectivity index is 2.99. The van der Waals surface area contributed by atoms with Gasteiger partial charge >= 0.3 is 5.97 Å². The van der Waals surface area contributed by atoms with E-state index in [0.29, 0.717) is 6.42 Å². The van der Waals surface area contributed by atoms with Gasteiger partial charge in [0.05, 0.1) is 21.8 Å². The summed E-state index contributed by atoms with van der Waals surface area (Å²) in [4.78, 5) is 21.2. The van der Waals surface area contributed by atoms with E-state index in [4.69, 9.17) is 5.11 Å². The van der Waals surface area contributed by atoms with Crippen LogP contribution < -0.4 is 5.32 Å². The van der Waals surface area contributed by atoms with E-state index >= 15 is 0 Å². The van der Waals surface area contributed by atoms with Crippen molar-refractivity contribution in [3.8, 4) is 0 Å². The van der Waals surface area contributed by atoms with Crippen LogP contribution in [0.3, 0.4) is 0 Å². The molecule has 0 spiro atoms. The van der Waals surface area contributed by atoms with Crippen molar-refractivity contribution in [2.45, 2.75) is 32.3 Å². The summed E-state index contributed by atoms with van der Waals surface area (Å²) >= 11 is 0. The van der Waals surface area contributed by atoms with Crippen LogP contribution in [0.25, 0.3) is 0 Å². The molecule has 7 heteroatoms. The van der Waals surface area contributed by atoms with E-state index in [-0.39, 0.29) is 23.5 Å². The minimum absolute atomic E-state index is 0.0668. The van der Waals surface area contributed by atoms with Gasteiger partial charge in [0.2, 0.25) is 0 Å². The first kappa shape index (κ1) is 15.9. The molecule has 0 saturated carbocycles. The van der Waals surface area contributed by atoms with E-state index in [1.54, 1.807) is 6.92 Å². The SMILES string of the molecule is CCCC(C)(O)CNc1cc([N+](=O)[O-])ccc1C(=O)O. The Kier molecular flexibility index (Phi) is 5.04. The second kappa shape index (κ2) is 6.33. The molecule has 0 aliphatic carbocycles. The van der Waals surface area contributed by atoms with Gasteiger partial charge in [-0.2, -0.15) is 0 Å². The second-order valence-electron chi connectivity index (χ2n) is 4.89. The highest BCUT2D eigenvalue weighted by molar-refractivity contribution is 5.94. The number of aromatic carboxylic acids is 1. The van der Waals surface area contributed by atoms with E-state index in [1.165, 1.54) is 6.07 Å². The first-order valence-corrected chi connectivity index (χ1v) is 6.25. The summed E-state index contributed by atoms with van der Waals surface area (Å²) in [6.45, 7) is 3.66. The van der Waals surface area contributed by atoms with Gasteiger partial charge in [-0.05, 0) is 19.4 Å². The summed E-state index contributed by atoms with van der Waals surface area (Å²) in [5, 5.41) is 32.6. The maximum absolute atomic E-state index is 11.1. The van der Waals surface area contributed by atoms with Gasteiger partial charge in [-0.15, -0.1) is 0 Å². The molecule has 1 rings (SSSR count). The topological polar surface area (TPSA) is 113 Å². The number of nitro benzene ring substituents is 1. The number of nitrogens with zero attached hydrogens (tertiary/aromatic N) is 1. The fourth-order valence-electron chi connectivity index (χ4n) is 1.89. The normalized spacial score (nSPS) is 13.6. The Morgan fingerprint density at radius 2 is 2.15 bits per heavy atom. The number of hydrogen-bond acceptors (Lipinski definition) is 5. The molecule has 0 aliphatic rings. The number of carboxylic acid groups (broad SMARTS) is 1. The van der Waals surface area contributed by atoms with Crippen LogP contribution in [0.5, 0.6) is 0 Å². The minimum atomic E-state index is -1.18. The van der Waals surface area contributed by atoms with E-state index in [2.05, 4.69) is 5.32 Å². The van der Waals surface area contributed by atoms with Crippen LogP contribution in [0, 0.1) is 10.1 Å². The first-order chi connectivity index (χ1) is 9.26. The minimum Gasteiger partial charge on any atom is -0.478 e. The predicted molar refractivity (Wildman–Crippen MR) is 74.1 cm³/mol. The average molecular weight is 282 g/mol. The van der Waals surface area contributed by atoms with Crippen molar-refractivity contribution in [1.82, 2.24) is 0 Å². The molecule has 0 aliphatic heterocycles. The third-order valence-corrected chi connectivity index (χ3v) is 2.89. The predicted octanol–water partition coefficient (Wildman–Crippen LogP) is 2.26. The van der Waals surface area contributed by atoms with E-state index < -0.39 is 16.5 Å².